The van der Waals surface area contributed by atoms with Crippen molar-refractivity contribution in [3.63, 3.8) is 0 Å². The third-order valence-electron chi connectivity index (χ3n) is 4.21. The summed E-state index contributed by atoms with van der Waals surface area (Å²) < 4.78 is 38.3. The van der Waals surface area contributed by atoms with Crippen molar-refractivity contribution in [2.45, 2.75) is 19.4 Å². The normalized spacial score (nSPS) is 19.0. The van der Waals surface area contributed by atoms with Crippen molar-refractivity contribution in [3.8, 4) is 5.75 Å². The highest BCUT2D eigenvalue weighted by Gasteiger charge is 2.29. The zero-order chi connectivity index (χ0) is 18.0. The second-order valence-electron chi connectivity index (χ2n) is 6.09. The van der Waals surface area contributed by atoms with Crippen LogP contribution in [0.1, 0.15) is 18.4 Å². The first-order valence-corrected chi connectivity index (χ1v) is 9.65. The second kappa shape index (κ2) is 6.87. The van der Waals surface area contributed by atoms with Gasteiger partial charge in [-0.15, -0.1) is 0 Å². The van der Waals surface area contributed by atoms with Crippen LogP contribution in [-0.2, 0) is 26.0 Å². The highest BCUT2D eigenvalue weighted by molar-refractivity contribution is 7.91. The molecule has 1 aromatic carbocycles. The molecule has 0 spiro atoms. The Hall–Kier alpha value is -2.35. The van der Waals surface area contributed by atoms with Gasteiger partial charge in [-0.1, -0.05) is 0 Å². The smallest absolute Gasteiger partial charge is 0.336 e. The van der Waals surface area contributed by atoms with Gasteiger partial charge in [0, 0.05) is 29.5 Å². The first-order chi connectivity index (χ1) is 11.9. The Morgan fingerprint density at radius 3 is 2.80 bits per heavy atom. The fraction of sp³-hybridized carbons (Fsp3) is 0.412. The van der Waals surface area contributed by atoms with Crippen LogP contribution in [0.2, 0.25) is 0 Å². The number of carbonyl (C=O) groups excluding carboxylic acids is 1. The highest BCUT2D eigenvalue weighted by atomic mass is 32.2. The Labute approximate surface area is 144 Å². The summed E-state index contributed by atoms with van der Waals surface area (Å²) in [6.45, 7) is -0.0767. The molecule has 0 amide bonds. The summed E-state index contributed by atoms with van der Waals surface area (Å²) in [5.41, 5.74) is 0.328. The highest BCUT2D eigenvalue weighted by Crippen LogP contribution is 2.24. The number of methoxy groups -OCH3 is 1. The molecule has 0 N–H and O–H groups in total. The number of ether oxygens (including phenoxy) is 2. The average Bonchev–Trinajstić information content (AvgIpc) is 2.90. The number of benzene rings is 1. The van der Waals surface area contributed by atoms with E-state index in [1.54, 1.807) is 18.2 Å². The monoisotopic (exact) mass is 366 g/mol. The van der Waals surface area contributed by atoms with Crippen molar-refractivity contribution >= 4 is 26.8 Å². The van der Waals surface area contributed by atoms with E-state index in [0.29, 0.717) is 28.7 Å². The molecule has 0 bridgehead atoms. The van der Waals surface area contributed by atoms with E-state index in [1.807, 2.05) is 0 Å². The standard InChI is InChI=1S/C17H18O7S/c1-22-13-2-3-14-12(7-17(19)24-15(14)8-13)9-23-16(18)6-11-4-5-25(20,21)10-11/h2-3,7-8,11H,4-6,9-10H2,1H3/t11-/m1/s1. The van der Waals surface area contributed by atoms with Gasteiger partial charge in [-0.25, -0.2) is 13.2 Å². The third kappa shape index (κ3) is 4.19. The summed E-state index contributed by atoms with van der Waals surface area (Å²) in [4.78, 5) is 23.7. The van der Waals surface area contributed by atoms with Crippen LogP contribution in [0.15, 0.2) is 33.5 Å². The van der Waals surface area contributed by atoms with Gasteiger partial charge in [0.2, 0.25) is 0 Å². The minimum Gasteiger partial charge on any atom is -0.497 e. The van der Waals surface area contributed by atoms with Crippen LogP contribution in [0, 0.1) is 5.92 Å². The van der Waals surface area contributed by atoms with Crippen LogP contribution >= 0.6 is 0 Å². The van der Waals surface area contributed by atoms with E-state index in [9.17, 15) is 18.0 Å². The van der Waals surface area contributed by atoms with Gasteiger partial charge in [0.05, 0.1) is 18.6 Å². The molecule has 8 heteroatoms. The van der Waals surface area contributed by atoms with Crippen LogP contribution in [0.3, 0.4) is 0 Å². The van der Waals surface area contributed by atoms with Crippen molar-refractivity contribution in [1.82, 2.24) is 0 Å². The van der Waals surface area contributed by atoms with Crippen molar-refractivity contribution in [2.24, 2.45) is 5.92 Å². The Bertz CT molecular complexity index is 959. The molecule has 2 heterocycles. The predicted octanol–water partition coefficient (Wildman–Crippen LogP) is 1.67. The summed E-state index contributed by atoms with van der Waals surface area (Å²) in [5.74, 6) is 0.0280. The van der Waals surface area contributed by atoms with E-state index in [4.69, 9.17) is 13.9 Å². The summed E-state index contributed by atoms with van der Waals surface area (Å²) in [7, 11) is -1.51. The van der Waals surface area contributed by atoms with Crippen LogP contribution in [0.5, 0.6) is 5.75 Å². The number of sulfone groups is 1. The molecule has 1 aromatic heterocycles. The molecular formula is C17H18O7S. The molecule has 134 valence electrons. The van der Waals surface area contributed by atoms with Gasteiger partial charge in [0.15, 0.2) is 9.84 Å². The number of hydrogen-bond acceptors (Lipinski definition) is 7. The number of carbonyl (C=O) groups is 1. The van der Waals surface area contributed by atoms with Gasteiger partial charge >= 0.3 is 11.6 Å². The quantitative estimate of drug-likeness (QED) is 0.586. The van der Waals surface area contributed by atoms with E-state index in [-0.39, 0.29) is 30.5 Å². The topological polar surface area (TPSA) is 99.9 Å². The number of esters is 1. The molecule has 1 aliphatic heterocycles. The molecule has 2 aromatic rings. The predicted molar refractivity (Wildman–Crippen MR) is 90.2 cm³/mol. The maximum absolute atomic E-state index is 12.0. The van der Waals surface area contributed by atoms with Crippen LogP contribution in [0.25, 0.3) is 11.0 Å². The maximum Gasteiger partial charge on any atom is 0.336 e. The average molecular weight is 366 g/mol. The van der Waals surface area contributed by atoms with Gasteiger partial charge in [-0.05, 0) is 24.5 Å². The van der Waals surface area contributed by atoms with Gasteiger partial charge < -0.3 is 13.9 Å². The Morgan fingerprint density at radius 2 is 2.12 bits per heavy atom. The zero-order valence-electron chi connectivity index (χ0n) is 13.7. The molecule has 0 aliphatic carbocycles. The Balaban J connectivity index is 1.70. The third-order valence-corrected chi connectivity index (χ3v) is 6.05. The summed E-state index contributed by atoms with van der Waals surface area (Å²) >= 11 is 0. The first kappa shape index (κ1) is 17.5. The lowest BCUT2D eigenvalue weighted by molar-refractivity contribution is -0.145. The maximum atomic E-state index is 12.0. The fourth-order valence-electron chi connectivity index (χ4n) is 2.94. The van der Waals surface area contributed by atoms with Crippen LogP contribution in [0.4, 0.5) is 0 Å². The van der Waals surface area contributed by atoms with E-state index >= 15 is 0 Å². The van der Waals surface area contributed by atoms with Crippen LogP contribution in [-0.4, -0.2) is 33.0 Å². The SMILES string of the molecule is COc1ccc2c(COC(=O)C[C@H]3CCS(=O)(=O)C3)cc(=O)oc2c1. The van der Waals surface area contributed by atoms with Crippen molar-refractivity contribution in [3.05, 3.63) is 40.2 Å². The summed E-state index contributed by atoms with van der Waals surface area (Å²) in [5, 5.41) is 0.650. The van der Waals surface area contributed by atoms with Gasteiger partial charge in [0.1, 0.15) is 17.9 Å². The molecule has 25 heavy (non-hydrogen) atoms. The molecule has 1 aliphatic rings. The molecule has 1 atom stereocenters. The van der Waals surface area contributed by atoms with Crippen molar-refractivity contribution < 1.29 is 27.1 Å². The lowest BCUT2D eigenvalue weighted by Crippen LogP contribution is -2.13. The lowest BCUT2D eigenvalue weighted by atomic mass is 10.1. The fourth-order valence-corrected chi connectivity index (χ4v) is 4.80. The van der Waals surface area contributed by atoms with Crippen molar-refractivity contribution in [2.75, 3.05) is 18.6 Å². The van der Waals surface area contributed by atoms with Gasteiger partial charge in [-0.3, -0.25) is 4.79 Å². The number of hydrogen-bond donors (Lipinski definition) is 0. The zero-order valence-corrected chi connectivity index (χ0v) is 14.5. The minimum absolute atomic E-state index is 0.0275. The lowest BCUT2D eigenvalue weighted by Gasteiger charge is -2.10. The van der Waals surface area contributed by atoms with E-state index in [1.165, 1.54) is 13.2 Å². The minimum atomic E-state index is -3.02. The molecule has 0 unspecified atom stereocenters. The largest absolute Gasteiger partial charge is 0.497 e. The van der Waals surface area contributed by atoms with Crippen molar-refractivity contribution in [1.29, 1.82) is 0 Å². The Morgan fingerprint density at radius 1 is 1.32 bits per heavy atom. The summed E-state index contributed by atoms with van der Waals surface area (Å²) in [6.07, 6.45) is 0.543. The first-order valence-electron chi connectivity index (χ1n) is 7.83. The molecule has 1 saturated heterocycles. The molecule has 1 fully saturated rings. The van der Waals surface area contributed by atoms with E-state index in [0.717, 1.165) is 0 Å². The number of rotatable bonds is 5. The molecular weight excluding hydrogens is 348 g/mol. The van der Waals surface area contributed by atoms with E-state index in [2.05, 4.69) is 0 Å². The van der Waals surface area contributed by atoms with Crippen LogP contribution < -0.4 is 10.4 Å². The summed E-state index contributed by atoms with van der Waals surface area (Å²) in [6, 6.07) is 6.31. The van der Waals surface area contributed by atoms with Gasteiger partial charge in [-0.2, -0.15) is 0 Å². The second-order valence-corrected chi connectivity index (χ2v) is 8.32. The Kier molecular flexibility index (Phi) is 4.80. The molecule has 0 radical (unpaired) electrons. The molecule has 3 rings (SSSR count). The molecule has 0 saturated carbocycles. The van der Waals surface area contributed by atoms with Gasteiger partial charge in [0.25, 0.3) is 0 Å². The molecule has 7 nitrogen and oxygen atoms in total. The number of fused-ring (bicyclic) bond motifs is 1. The van der Waals surface area contributed by atoms with E-state index < -0.39 is 21.4 Å².